The van der Waals surface area contributed by atoms with E-state index in [1.54, 1.807) is 7.11 Å². The van der Waals surface area contributed by atoms with Crippen molar-refractivity contribution < 1.29 is 14.6 Å². The third-order valence-electron chi connectivity index (χ3n) is 2.95. The van der Waals surface area contributed by atoms with E-state index in [0.29, 0.717) is 6.42 Å². The van der Waals surface area contributed by atoms with Crippen LogP contribution in [0.25, 0.3) is 10.8 Å². The summed E-state index contributed by atoms with van der Waals surface area (Å²) < 4.78 is 5.29. The molecule has 0 radical (unpaired) electrons. The lowest BCUT2D eigenvalue weighted by molar-refractivity contribution is -0.138. The molecule has 0 spiro atoms. The van der Waals surface area contributed by atoms with Gasteiger partial charge in [-0.2, -0.15) is 0 Å². The molecular formula is C14H15NO3. The summed E-state index contributed by atoms with van der Waals surface area (Å²) in [6.07, 6.45) is 0.305. The Labute approximate surface area is 105 Å². The van der Waals surface area contributed by atoms with Crippen LogP contribution in [0.15, 0.2) is 36.4 Å². The van der Waals surface area contributed by atoms with Crippen molar-refractivity contribution in [3.05, 3.63) is 42.0 Å². The lowest BCUT2D eigenvalue weighted by atomic mass is 9.98. The highest BCUT2D eigenvalue weighted by Crippen LogP contribution is 2.28. The van der Waals surface area contributed by atoms with E-state index in [-0.39, 0.29) is 0 Å². The Morgan fingerprint density at radius 2 is 1.94 bits per heavy atom. The Morgan fingerprint density at radius 3 is 2.56 bits per heavy atom. The van der Waals surface area contributed by atoms with Crippen LogP contribution in [-0.2, 0) is 11.2 Å². The summed E-state index contributed by atoms with van der Waals surface area (Å²) in [5, 5.41) is 10.8. The highest BCUT2D eigenvalue weighted by Gasteiger charge is 2.14. The summed E-state index contributed by atoms with van der Waals surface area (Å²) in [5.74, 6) is -0.215. The number of fused-ring (bicyclic) bond motifs is 1. The number of carboxylic acids is 1. The minimum Gasteiger partial charge on any atom is -0.496 e. The Hall–Kier alpha value is -2.07. The van der Waals surface area contributed by atoms with Gasteiger partial charge in [0.2, 0.25) is 0 Å². The number of hydrogen-bond acceptors (Lipinski definition) is 3. The van der Waals surface area contributed by atoms with E-state index in [2.05, 4.69) is 0 Å². The molecule has 1 atom stereocenters. The molecule has 0 heterocycles. The minimum absolute atomic E-state index is 0.305. The van der Waals surface area contributed by atoms with Crippen molar-refractivity contribution in [1.29, 1.82) is 0 Å². The van der Waals surface area contributed by atoms with Crippen LogP contribution in [0, 0.1) is 0 Å². The van der Waals surface area contributed by atoms with Crippen molar-refractivity contribution in [2.24, 2.45) is 5.73 Å². The van der Waals surface area contributed by atoms with E-state index in [9.17, 15) is 4.79 Å². The fourth-order valence-electron chi connectivity index (χ4n) is 2.01. The molecule has 0 bridgehead atoms. The zero-order chi connectivity index (χ0) is 13.1. The molecule has 0 aliphatic carbocycles. The Balaban J connectivity index is 2.49. The van der Waals surface area contributed by atoms with Crippen LogP contribution < -0.4 is 10.5 Å². The first-order valence-corrected chi connectivity index (χ1v) is 5.66. The zero-order valence-corrected chi connectivity index (χ0v) is 10.1. The van der Waals surface area contributed by atoms with Crippen molar-refractivity contribution in [2.75, 3.05) is 7.11 Å². The first-order valence-electron chi connectivity index (χ1n) is 5.66. The Bertz CT molecular complexity index is 580. The van der Waals surface area contributed by atoms with Gasteiger partial charge >= 0.3 is 5.97 Å². The first-order chi connectivity index (χ1) is 8.63. The molecule has 0 fully saturated rings. The third-order valence-corrected chi connectivity index (χ3v) is 2.95. The standard InChI is InChI=1S/C14H15NO3/c1-18-13-7-6-9(8-12(15)14(16)17)10-4-2-3-5-11(10)13/h2-7,12H,8,15H2,1H3,(H,16,17). The first kappa shape index (κ1) is 12.4. The number of carboxylic acid groups (broad SMARTS) is 1. The quantitative estimate of drug-likeness (QED) is 0.861. The molecule has 2 rings (SSSR count). The molecule has 0 aliphatic heterocycles. The molecule has 4 nitrogen and oxygen atoms in total. The predicted octanol–water partition coefficient (Wildman–Crippen LogP) is 1.80. The lowest BCUT2D eigenvalue weighted by Gasteiger charge is -2.12. The molecule has 2 aromatic carbocycles. The summed E-state index contributed by atoms with van der Waals surface area (Å²) >= 11 is 0. The number of hydrogen-bond donors (Lipinski definition) is 2. The lowest BCUT2D eigenvalue weighted by Crippen LogP contribution is -2.32. The van der Waals surface area contributed by atoms with Crippen molar-refractivity contribution in [1.82, 2.24) is 0 Å². The van der Waals surface area contributed by atoms with E-state index in [0.717, 1.165) is 22.1 Å². The maximum absolute atomic E-state index is 10.8. The summed E-state index contributed by atoms with van der Waals surface area (Å²) in [4.78, 5) is 10.8. The van der Waals surface area contributed by atoms with E-state index < -0.39 is 12.0 Å². The largest absolute Gasteiger partial charge is 0.496 e. The number of carbonyl (C=O) groups is 1. The van der Waals surface area contributed by atoms with Gasteiger partial charge in [0, 0.05) is 5.39 Å². The molecule has 0 saturated heterocycles. The molecule has 0 saturated carbocycles. The molecule has 0 amide bonds. The zero-order valence-electron chi connectivity index (χ0n) is 10.1. The molecule has 0 aromatic heterocycles. The maximum atomic E-state index is 10.8. The van der Waals surface area contributed by atoms with Crippen LogP contribution in [-0.4, -0.2) is 24.2 Å². The Kier molecular flexibility index (Phi) is 3.48. The molecule has 18 heavy (non-hydrogen) atoms. The van der Waals surface area contributed by atoms with Gasteiger partial charge < -0.3 is 15.6 Å². The van der Waals surface area contributed by atoms with Crippen LogP contribution in [0.4, 0.5) is 0 Å². The number of methoxy groups -OCH3 is 1. The normalized spacial score (nSPS) is 12.3. The topological polar surface area (TPSA) is 72.5 Å². The van der Waals surface area contributed by atoms with Gasteiger partial charge in [0.25, 0.3) is 0 Å². The molecule has 2 aromatic rings. The number of rotatable bonds is 4. The van der Waals surface area contributed by atoms with Crippen LogP contribution in [0.3, 0.4) is 0 Å². The van der Waals surface area contributed by atoms with Gasteiger partial charge in [0.05, 0.1) is 7.11 Å². The highest BCUT2D eigenvalue weighted by atomic mass is 16.5. The number of aliphatic carboxylic acids is 1. The minimum atomic E-state index is -0.991. The van der Waals surface area contributed by atoms with Crippen molar-refractivity contribution in [3.8, 4) is 5.75 Å². The molecule has 0 aliphatic rings. The van der Waals surface area contributed by atoms with E-state index in [1.165, 1.54) is 0 Å². The molecular weight excluding hydrogens is 230 g/mol. The second-order valence-electron chi connectivity index (χ2n) is 4.12. The fourth-order valence-corrected chi connectivity index (χ4v) is 2.01. The van der Waals surface area contributed by atoms with Crippen molar-refractivity contribution in [3.63, 3.8) is 0 Å². The van der Waals surface area contributed by atoms with Gasteiger partial charge in [0.1, 0.15) is 11.8 Å². The van der Waals surface area contributed by atoms with Crippen LogP contribution >= 0.6 is 0 Å². The highest BCUT2D eigenvalue weighted by molar-refractivity contribution is 5.91. The molecule has 94 valence electrons. The van der Waals surface area contributed by atoms with Crippen molar-refractivity contribution >= 4 is 16.7 Å². The second-order valence-corrected chi connectivity index (χ2v) is 4.12. The number of nitrogens with two attached hydrogens (primary N) is 1. The third kappa shape index (κ3) is 2.28. The maximum Gasteiger partial charge on any atom is 0.320 e. The number of ether oxygens (including phenoxy) is 1. The monoisotopic (exact) mass is 245 g/mol. The SMILES string of the molecule is COc1ccc(CC(N)C(=O)O)c2ccccc12. The Morgan fingerprint density at radius 1 is 1.28 bits per heavy atom. The van der Waals surface area contributed by atoms with Crippen molar-refractivity contribution in [2.45, 2.75) is 12.5 Å². The smallest absolute Gasteiger partial charge is 0.320 e. The van der Waals surface area contributed by atoms with Gasteiger partial charge in [-0.05, 0) is 23.4 Å². The molecule has 4 heteroatoms. The summed E-state index contributed by atoms with van der Waals surface area (Å²) in [6, 6.07) is 10.5. The van der Waals surface area contributed by atoms with E-state index in [4.69, 9.17) is 15.6 Å². The van der Waals surface area contributed by atoms with Gasteiger partial charge in [-0.15, -0.1) is 0 Å². The second kappa shape index (κ2) is 5.06. The van der Waals surface area contributed by atoms with Gasteiger partial charge in [-0.3, -0.25) is 4.79 Å². The van der Waals surface area contributed by atoms with Gasteiger partial charge in [0.15, 0.2) is 0 Å². The molecule has 1 unspecified atom stereocenters. The average Bonchev–Trinajstić information content (AvgIpc) is 2.39. The van der Waals surface area contributed by atoms with Crippen LogP contribution in [0.2, 0.25) is 0 Å². The summed E-state index contributed by atoms with van der Waals surface area (Å²) in [5.41, 5.74) is 6.50. The predicted molar refractivity (Wildman–Crippen MR) is 69.8 cm³/mol. The number of benzene rings is 2. The van der Waals surface area contributed by atoms with Crippen LogP contribution in [0.5, 0.6) is 5.75 Å². The van der Waals surface area contributed by atoms with Crippen LogP contribution in [0.1, 0.15) is 5.56 Å². The average molecular weight is 245 g/mol. The van der Waals surface area contributed by atoms with Gasteiger partial charge in [-0.25, -0.2) is 0 Å². The van der Waals surface area contributed by atoms with E-state index in [1.807, 2.05) is 36.4 Å². The summed E-state index contributed by atoms with van der Waals surface area (Å²) in [6.45, 7) is 0. The fraction of sp³-hybridized carbons (Fsp3) is 0.214. The van der Waals surface area contributed by atoms with Gasteiger partial charge in [-0.1, -0.05) is 30.3 Å². The van der Waals surface area contributed by atoms with E-state index >= 15 is 0 Å². The molecule has 3 N–H and O–H groups in total. The summed E-state index contributed by atoms with van der Waals surface area (Å²) in [7, 11) is 1.62.